The van der Waals surface area contributed by atoms with Crippen LogP contribution in [0.5, 0.6) is 0 Å². The lowest BCUT2D eigenvalue weighted by molar-refractivity contribution is -0.870. The molecule has 0 spiro atoms. The topological polar surface area (TPSA) is 111 Å². The minimum atomic E-state index is -1.64. The van der Waals surface area contributed by atoms with Gasteiger partial charge in [-0.25, -0.2) is 0 Å². The fraction of sp³-hybridized carbons (Fsp3) is 0.573. The van der Waals surface area contributed by atoms with Crippen LogP contribution in [0, 0.1) is 0 Å². The number of carbonyl (C=O) groups is 3. The van der Waals surface area contributed by atoms with Crippen LogP contribution < -0.4 is 5.11 Å². The Morgan fingerprint density at radius 2 is 0.593 bits per heavy atom. The highest BCUT2D eigenvalue weighted by atomic mass is 16.7. The number of carbonyl (C=O) groups excluding carboxylic acids is 3. The van der Waals surface area contributed by atoms with Gasteiger partial charge < -0.3 is 33.3 Å². The summed E-state index contributed by atoms with van der Waals surface area (Å²) in [6.07, 6.45) is 105. The van der Waals surface area contributed by atoms with Crippen molar-refractivity contribution < 1.29 is 42.9 Å². The van der Waals surface area contributed by atoms with Gasteiger partial charge in [-0.1, -0.05) is 285 Å². The van der Waals surface area contributed by atoms with Crippen molar-refractivity contribution in [3.8, 4) is 0 Å². The first-order valence-electron chi connectivity index (χ1n) is 35.6. The number of unbranched alkanes of at least 4 members (excludes halogenated alkanes) is 16. The van der Waals surface area contributed by atoms with Crippen molar-refractivity contribution in [1.82, 2.24) is 0 Å². The fourth-order valence-corrected chi connectivity index (χ4v) is 8.98. The van der Waals surface area contributed by atoms with Crippen molar-refractivity contribution in [3.05, 3.63) is 194 Å². The van der Waals surface area contributed by atoms with Crippen molar-refractivity contribution in [2.24, 2.45) is 0 Å². The zero-order valence-corrected chi connectivity index (χ0v) is 58.1. The third kappa shape index (κ3) is 71.4. The Balaban J connectivity index is 4.22. The van der Waals surface area contributed by atoms with E-state index in [1.54, 1.807) is 0 Å². The molecule has 9 heteroatoms. The molecule has 0 aromatic rings. The highest BCUT2D eigenvalue weighted by Crippen LogP contribution is 2.15. The molecule has 0 bridgehead atoms. The number of rotatable bonds is 63. The fourth-order valence-electron chi connectivity index (χ4n) is 8.98. The number of likely N-dealkylation sites (N-methyl/N-ethyl adjacent to an activating group) is 1. The zero-order valence-electron chi connectivity index (χ0n) is 58.1. The number of aliphatic carboxylic acids is 1. The number of carboxylic acid groups (broad SMARTS) is 1. The van der Waals surface area contributed by atoms with Crippen molar-refractivity contribution in [2.75, 3.05) is 47.5 Å². The molecule has 91 heavy (non-hydrogen) atoms. The van der Waals surface area contributed by atoms with Crippen molar-refractivity contribution in [1.29, 1.82) is 0 Å². The molecule has 0 aliphatic heterocycles. The smallest absolute Gasteiger partial charge is 0.306 e. The highest BCUT2D eigenvalue weighted by Gasteiger charge is 2.22. The van der Waals surface area contributed by atoms with Gasteiger partial charge in [0.1, 0.15) is 13.2 Å². The van der Waals surface area contributed by atoms with Crippen LogP contribution in [-0.2, 0) is 33.3 Å². The quantitative estimate of drug-likeness (QED) is 0.0195. The molecule has 0 N–H and O–H groups in total. The molecule has 0 heterocycles. The predicted molar refractivity (Wildman–Crippen MR) is 388 cm³/mol. The maximum absolute atomic E-state index is 12.9. The summed E-state index contributed by atoms with van der Waals surface area (Å²) in [6.45, 7) is 4.47. The van der Waals surface area contributed by atoms with E-state index in [1.807, 2.05) is 21.1 Å². The van der Waals surface area contributed by atoms with Crippen LogP contribution in [0.1, 0.15) is 245 Å². The lowest BCUT2D eigenvalue weighted by atomic mass is 10.0. The minimum Gasteiger partial charge on any atom is -0.545 e. The second-order valence-electron chi connectivity index (χ2n) is 24.1. The maximum atomic E-state index is 12.9. The van der Waals surface area contributed by atoms with Crippen LogP contribution in [0.15, 0.2) is 194 Å². The Kier molecular flexibility index (Phi) is 65.5. The SMILES string of the molecule is CC/C=C\C/C=C\C/C=C\C/C=C\C/C=C\C/C=C\C/C=C\C/C=C\C/C=C\CCCCCCCCCCCCCC(=O)OC(COC(=O)CCCCCCC/C=C\C/C=C\C/C=C\C/C=C\C/C=C\C/C=C\C/C=C\CC)COC(OCC[N+](C)(C)C)C(=O)[O-]. The molecule has 0 fully saturated rings. The van der Waals surface area contributed by atoms with Gasteiger partial charge in [0, 0.05) is 12.8 Å². The first kappa shape index (κ1) is 85.1. The van der Waals surface area contributed by atoms with Crippen LogP contribution >= 0.6 is 0 Å². The highest BCUT2D eigenvalue weighted by molar-refractivity contribution is 5.70. The summed E-state index contributed by atoms with van der Waals surface area (Å²) < 4.78 is 22.8. The van der Waals surface area contributed by atoms with E-state index >= 15 is 0 Å². The summed E-state index contributed by atoms with van der Waals surface area (Å²) >= 11 is 0. The van der Waals surface area contributed by atoms with E-state index in [2.05, 4.69) is 208 Å². The zero-order chi connectivity index (χ0) is 66.1. The van der Waals surface area contributed by atoms with E-state index in [1.165, 1.54) is 44.9 Å². The van der Waals surface area contributed by atoms with Crippen LogP contribution in [0.3, 0.4) is 0 Å². The first-order valence-corrected chi connectivity index (χ1v) is 35.6. The summed E-state index contributed by atoms with van der Waals surface area (Å²) in [6, 6.07) is 0. The number of nitrogens with zero attached hydrogens (tertiary/aromatic N) is 1. The molecule has 0 amide bonds. The third-order valence-electron chi connectivity index (χ3n) is 14.3. The van der Waals surface area contributed by atoms with Gasteiger partial charge in [-0.05, 0) is 141 Å². The molecular weight excluding hydrogens is 1130 g/mol. The van der Waals surface area contributed by atoms with E-state index in [0.29, 0.717) is 23.9 Å². The normalized spacial score (nSPS) is 13.9. The number of hydrogen-bond acceptors (Lipinski definition) is 8. The summed E-state index contributed by atoms with van der Waals surface area (Å²) in [4.78, 5) is 37.5. The molecule has 0 aliphatic carbocycles. The van der Waals surface area contributed by atoms with Gasteiger partial charge in [-0.3, -0.25) is 9.59 Å². The molecule has 0 aromatic heterocycles. The molecule has 0 saturated carbocycles. The van der Waals surface area contributed by atoms with E-state index in [9.17, 15) is 19.5 Å². The average Bonchev–Trinajstić information content (AvgIpc) is 3.46. The second-order valence-corrected chi connectivity index (χ2v) is 24.1. The second kappa shape index (κ2) is 70.0. The van der Waals surface area contributed by atoms with E-state index < -0.39 is 24.3 Å². The van der Waals surface area contributed by atoms with Crippen LogP contribution in [0.25, 0.3) is 0 Å². The monoisotopic (exact) mass is 1260 g/mol. The lowest BCUT2D eigenvalue weighted by Crippen LogP contribution is -2.44. The molecule has 0 rings (SSSR count). The number of ether oxygens (including phenoxy) is 4. The van der Waals surface area contributed by atoms with Gasteiger partial charge in [0.05, 0.1) is 40.3 Å². The van der Waals surface area contributed by atoms with Gasteiger partial charge in [0.15, 0.2) is 12.4 Å². The van der Waals surface area contributed by atoms with Gasteiger partial charge in [0.2, 0.25) is 0 Å². The van der Waals surface area contributed by atoms with Crippen molar-refractivity contribution in [3.63, 3.8) is 0 Å². The maximum Gasteiger partial charge on any atom is 0.306 e. The van der Waals surface area contributed by atoms with E-state index in [-0.39, 0.29) is 38.6 Å². The molecule has 510 valence electrons. The van der Waals surface area contributed by atoms with Gasteiger partial charge >= 0.3 is 11.9 Å². The summed E-state index contributed by atoms with van der Waals surface area (Å²) in [5.41, 5.74) is 0. The predicted octanol–water partition coefficient (Wildman–Crippen LogP) is 21.2. The average molecular weight is 1260 g/mol. The Bertz CT molecular complexity index is 2200. The van der Waals surface area contributed by atoms with Crippen molar-refractivity contribution in [2.45, 2.75) is 257 Å². The summed E-state index contributed by atoms with van der Waals surface area (Å²) in [5.74, 6) is -2.33. The standard InChI is InChI=1S/C82H129NO8/c1-6-8-10-12-14-16-18-20-22-24-26-28-30-32-34-35-36-37-38-39-40-41-42-43-44-45-47-49-51-53-55-57-59-61-63-65-67-69-71-73-80(85)91-78(77-90-82(81(86)87)88-75-74-83(3,4)5)76-89-79(84)72-70-68-66-64-62-60-58-56-54-52-50-48-46-33-31-29-27-25-23-21-19-17-15-13-11-9-7-2/h8-11,14-17,20-23,26-29,32-34,36-37,39-40,42-43,45-47,50,52,56,58,78,82H,6-7,12-13,18-19,24-25,30-31,35,38,41,44,48-49,51,53-55,57,59-77H2,1-5H3/b10-8-,11-9-,16-14-,17-15-,22-20-,23-21-,28-26-,29-27-,34-32-,37-36-,40-39-,43-42-,46-33-,47-45-,52-50-,58-56-. The Hall–Kier alpha value is -5.87. The van der Waals surface area contributed by atoms with Crippen molar-refractivity contribution >= 4 is 17.9 Å². The number of carboxylic acids is 1. The van der Waals surface area contributed by atoms with Crippen LogP contribution in [0.4, 0.5) is 0 Å². The lowest BCUT2D eigenvalue weighted by Gasteiger charge is -2.26. The summed E-state index contributed by atoms with van der Waals surface area (Å²) in [5, 5.41) is 11.8. The molecule has 0 aromatic carbocycles. The molecule has 0 saturated heterocycles. The van der Waals surface area contributed by atoms with Crippen LogP contribution in [-0.4, -0.2) is 82.3 Å². The Morgan fingerprint density at radius 3 is 0.879 bits per heavy atom. The Labute approximate surface area is 557 Å². The Morgan fingerprint density at radius 1 is 0.330 bits per heavy atom. The third-order valence-corrected chi connectivity index (χ3v) is 14.3. The first-order chi connectivity index (χ1) is 44.6. The molecule has 2 unspecified atom stereocenters. The molecule has 0 radical (unpaired) electrons. The number of esters is 2. The van der Waals surface area contributed by atoms with E-state index in [4.69, 9.17) is 18.9 Å². The molecule has 2 atom stereocenters. The minimum absolute atomic E-state index is 0.133. The number of hydrogen-bond donors (Lipinski definition) is 0. The molecule has 9 nitrogen and oxygen atoms in total. The van der Waals surface area contributed by atoms with Gasteiger partial charge in [-0.15, -0.1) is 0 Å². The number of allylic oxidation sites excluding steroid dienone is 32. The van der Waals surface area contributed by atoms with Gasteiger partial charge in [0.25, 0.3) is 0 Å². The van der Waals surface area contributed by atoms with Crippen LogP contribution in [0.2, 0.25) is 0 Å². The molecular formula is C82H129NO8. The van der Waals surface area contributed by atoms with Gasteiger partial charge in [-0.2, -0.15) is 0 Å². The summed E-state index contributed by atoms with van der Waals surface area (Å²) in [7, 11) is 5.91. The molecule has 0 aliphatic rings. The largest absolute Gasteiger partial charge is 0.545 e. The number of quaternary nitrogens is 1. The van der Waals surface area contributed by atoms with E-state index in [0.717, 1.165) is 161 Å².